The predicted molar refractivity (Wildman–Crippen MR) is 103 cm³/mol. The van der Waals surface area contributed by atoms with Crippen LogP contribution in [0.25, 0.3) is 11.3 Å². The van der Waals surface area contributed by atoms with Gasteiger partial charge >= 0.3 is 0 Å². The first-order chi connectivity index (χ1) is 12.4. The fraction of sp³-hybridized carbons (Fsp3) is 0.444. The number of rotatable bonds is 3. The van der Waals surface area contributed by atoms with E-state index in [0.29, 0.717) is 19.6 Å². The van der Waals surface area contributed by atoms with Crippen LogP contribution in [-0.4, -0.2) is 61.9 Å². The van der Waals surface area contributed by atoms with Crippen LogP contribution in [-0.2, 0) is 21.1 Å². The van der Waals surface area contributed by atoms with Crippen molar-refractivity contribution in [2.75, 3.05) is 42.6 Å². The van der Waals surface area contributed by atoms with Crippen molar-refractivity contribution in [1.82, 2.24) is 9.88 Å². The fourth-order valence-electron chi connectivity index (χ4n) is 3.50. The minimum atomic E-state index is -2.92. The number of fused-ring (bicyclic) bond motifs is 1. The number of anilines is 1. The van der Waals surface area contributed by atoms with E-state index in [9.17, 15) is 13.2 Å². The third-order valence-corrected chi connectivity index (χ3v) is 7.37. The molecule has 0 saturated carbocycles. The maximum atomic E-state index is 12.7. The molecule has 0 spiro atoms. The summed E-state index contributed by atoms with van der Waals surface area (Å²) in [5, 5.41) is 3.10. The first-order valence-electron chi connectivity index (χ1n) is 8.70. The summed E-state index contributed by atoms with van der Waals surface area (Å²) in [6.07, 6.45) is 0.840. The summed E-state index contributed by atoms with van der Waals surface area (Å²) in [5.41, 5.74) is 4.20. The molecule has 0 unspecified atom stereocenters. The molecule has 1 amide bonds. The van der Waals surface area contributed by atoms with E-state index < -0.39 is 9.84 Å². The molecule has 0 aliphatic carbocycles. The minimum Gasteiger partial charge on any atom is -0.311 e. The van der Waals surface area contributed by atoms with Crippen molar-refractivity contribution in [3.05, 3.63) is 34.2 Å². The highest BCUT2D eigenvalue weighted by Gasteiger charge is 2.28. The Balaban J connectivity index is 1.46. The zero-order valence-corrected chi connectivity index (χ0v) is 16.3. The molecule has 2 aliphatic rings. The molecule has 1 aromatic heterocycles. The lowest BCUT2D eigenvalue weighted by Gasteiger charge is -2.28. The number of hydrogen-bond donors (Lipinski definition) is 0. The molecular weight excluding hydrogens is 370 g/mol. The molecule has 0 bridgehead atoms. The number of benzene rings is 1. The summed E-state index contributed by atoms with van der Waals surface area (Å²) in [6.45, 7) is 3.84. The van der Waals surface area contributed by atoms with E-state index in [1.807, 2.05) is 28.9 Å². The molecule has 1 aromatic carbocycles. The lowest BCUT2D eigenvalue weighted by molar-refractivity contribution is -0.119. The van der Waals surface area contributed by atoms with Crippen LogP contribution in [0.15, 0.2) is 23.6 Å². The Morgan fingerprint density at radius 1 is 1.23 bits per heavy atom. The topological polar surface area (TPSA) is 70.6 Å². The molecule has 0 atom stereocenters. The van der Waals surface area contributed by atoms with Crippen LogP contribution in [0, 0.1) is 6.92 Å². The van der Waals surface area contributed by atoms with E-state index in [0.717, 1.165) is 28.4 Å². The van der Waals surface area contributed by atoms with Gasteiger partial charge in [0.05, 0.1) is 28.8 Å². The van der Waals surface area contributed by atoms with Gasteiger partial charge in [-0.25, -0.2) is 13.4 Å². The van der Waals surface area contributed by atoms with Gasteiger partial charge in [-0.3, -0.25) is 9.69 Å². The second-order valence-corrected chi connectivity index (χ2v) is 10.2. The molecule has 2 aliphatic heterocycles. The summed E-state index contributed by atoms with van der Waals surface area (Å²) < 4.78 is 23.1. The van der Waals surface area contributed by atoms with Gasteiger partial charge in [-0.1, -0.05) is 6.07 Å². The van der Waals surface area contributed by atoms with Crippen LogP contribution in [0.1, 0.15) is 10.6 Å². The summed E-state index contributed by atoms with van der Waals surface area (Å²) in [6, 6.07) is 6.15. The van der Waals surface area contributed by atoms with Crippen molar-refractivity contribution >= 4 is 32.8 Å². The smallest absolute Gasteiger partial charge is 0.241 e. The molecule has 4 rings (SSSR count). The molecule has 0 N–H and O–H groups in total. The molecule has 1 saturated heterocycles. The Kier molecular flexibility index (Phi) is 4.58. The van der Waals surface area contributed by atoms with Gasteiger partial charge in [0.15, 0.2) is 9.84 Å². The SMILES string of the molecule is Cc1nc(-c2ccc3c(c2)CCN3C(=O)CN2CCS(=O)(=O)CC2)cs1. The highest BCUT2D eigenvalue weighted by atomic mass is 32.2. The summed E-state index contributed by atoms with van der Waals surface area (Å²) in [5.74, 6) is 0.334. The summed E-state index contributed by atoms with van der Waals surface area (Å²) in [4.78, 5) is 21.0. The van der Waals surface area contributed by atoms with Crippen molar-refractivity contribution in [2.45, 2.75) is 13.3 Å². The number of thiazole rings is 1. The van der Waals surface area contributed by atoms with Crippen LogP contribution in [0.5, 0.6) is 0 Å². The van der Waals surface area contributed by atoms with Gasteiger partial charge < -0.3 is 4.90 Å². The van der Waals surface area contributed by atoms with Gasteiger partial charge in [0.2, 0.25) is 5.91 Å². The summed E-state index contributed by atoms with van der Waals surface area (Å²) in [7, 11) is -2.92. The van der Waals surface area contributed by atoms with Crippen LogP contribution in [0.2, 0.25) is 0 Å². The zero-order valence-electron chi connectivity index (χ0n) is 14.6. The van der Waals surface area contributed by atoms with Gasteiger partial charge in [-0.15, -0.1) is 11.3 Å². The number of sulfone groups is 1. The van der Waals surface area contributed by atoms with E-state index in [1.165, 1.54) is 5.56 Å². The summed E-state index contributed by atoms with van der Waals surface area (Å²) >= 11 is 1.63. The van der Waals surface area contributed by atoms with Crippen molar-refractivity contribution < 1.29 is 13.2 Å². The lowest BCUT2D eigenvalue weighted by Crippen LogP contribution is -2.46. The van der Waals surface area contributed by atoms with E-state index >= 15 is 0 Å². The van der Waals surface area contributed by atoms with Gasteiger partial charge in [0.25, 0.3) is 0 Å². The van der Waals surface area contributed by atoms with Crippen molar-refractivity contribution in [1.29, 1.82) is 0 Å². The van der Waals surface area contributed by atoms with E-state index in [-0.39, 0.29) is 24.0 Å². The van der Waals surface area contributed by atoms with Crippen LogP contribution in [0.4, 0.5) is 5.69 Å². The average Bonchev–Trinajstić information content (AvgIpc) is 3.22. The maximum absolute atomic E-state index is 12.7. The number of aryl methyl sites for hydroxylation is 1. The minimum absolute atomic E-state index is 0.0419. The average molecular weight is 392 g/mol. The molecule has 138 valence electrons. The number of amides is 1. The number of carbonyl (C=O) groups excluding carboxylic acids is 1. The maximum Gasteiger partial charge on any atom is 0.241 e. The fourth-order valence-corrected chi connectivity index (χ4v) is 5.40. The second kappa shape index (κ2) is 6.75. The van der Waals surface area contributed by atoms with Gasteiger partial charge in [0, 0.05) is 36.3 Å². The van der Waals surface area contributed by atoms with Crippen molar-refractivity contribution in [3.8, 4) is 11.3 Å². The standard InChI is InChI=1S/C18H21N3O3S2/c1-13-19-16(12-25-13)14-2-3-17-15(10-14)4-5-21(17)18(22)11-20-6-8-26(23,24)9-7-20/h2-3,10,12H,4-9,11H2,1H3. The number of hydrogen-bond acceptors (Lipinski definition) is 6. The number of carbonyl (C=O) groups is 1. The van der Waals surface area contributed by atoms with E-state index in [2.05, 4.69) is 16.4 Å². The van der Waals surface area contributed by atoms with Crippen molar-refractivity contribution in [2.24, 2.45) is 0 Å². The van der Waals surface area contributed by atoms with E-state index in [4.69, 9.17) is 0 Å². The quantitative estimate of drug-likeness (QED) is 0.797. The van der Waals surface area contributed by atoms with Crippen LogP contribution >= 0.6 is 11.3 Å². The molecule has 3 heterocycles. The van der Waals surface area contributed by atoms with Gasteiger partial charge in [-0.05, 0) is 31.0 Å². The number of nitrogens with zero attached hydrogens (tertiary/aromatic N) is 3. The first-order valence-corrected chi connectivity index (χ1v) is 11.4. The Labute approximate surface area is 157 Å². The molecule has 26 heavy (non-hydrogen) atoms. The highest BCUT2D eigenvalue weighted by Crippen LogP contribution is 2.32. The van der Waals surface area contributed by atoms with Gasteiger partial charge in [0.1, 0.15) is 0 Å². The first kappa shape index (κ1) is 17.6. The normalized spacial score (nSPS) is 19.5. The lowest BCUT2D eigenvalue weighted by atomic mass is 10.1. The molecule has 1 fully saturated rings. The van der Waals surface area contributed by atoms with Crippen LogP contribution < -0.4 is 4.90 Å². The largest absolute Gasteiger partial charge is 0.311 e. The Morgan fingerprint density at radius 2 is 2.00 bits per heavy atom. The van der Waals surface area contributed by atoms with Crippen molar-refractivity contribution in [3.63, 3.8) is 0 Å². The zero-order chi connectivity index (χ0) is 18.3. The predicted octanol–water partition coefficient (Wildman–Crippen LogP) is 1.74. The Hall–Kier alpha value is -1.77. The van der Waals surface area contributed by atoms with E-state index in [1.54, 1.807) is 11.3 Å². The monoisotopic (exact) mass is 391 g/mol. The number of aromatic nitrogens is 1. The molecule has 2 aromatic rings. The molecule has 6 nitrogen and oxygen atoms in total. The third kappa shape index (κ3) is 3.54. The van der Waals surface area contributed by atoms with Crippen LogP contribution in [0.3, 0.4) is 0 Å². The molecule has 0 radical (unpaired) electrons. The highest BCUT2D eigenvalue weighted by molar-refractivity contribution is 7.91. The molecular formula is C18H21N3O3S2. The Bertz CT molecular complexity index is 938. The second-order valence-electron chi connectivity index (χ2n) is 6.82. The third-order valence-electron chi connectivity index (χ3n) is 4.99. The Morgan fingerprint density at radius 3 is 2.69 bits per heavy atom. The molecule has 8 heteroatoms. The van der Waals surface area contributed by atoms with Gasteiger partial charge in [-0.2, -0.15) is 0 Å².